The average molecular weight is 363 g/mol. The molecule has 0 aliphatic carbocycles. The largest absolute Gasteiger partial charge is 0.487 e. The van der Waals surface area contributed by atoms with E-state index in [2.05, 4.69) is 4.99 Å². The van der Waals surface area contributed by atoms with Crippen LogP contribution >= 0.6 is 11.8 Å². The van der Waals surface area contributed by atoms with Gasteiger partial charge in [0.05, 0.1) is 29.6 Å². The number of thioether (sulfide) groups is 1. The molecule has 25 heavy (non-hydrogen) atoms. The summed E-state index contributed by atoms with van der Waals surface area (Å²) in [4.78, 5) is 29.4. The summed E-state index contributed by atoms with van der Waals surface area (Å²) in [6.45, 7) is 4.71. The number of benzene rings is 1. The second kappa shape index (κ2) is 7.66. The highest BCUT2D eigenvalue weighted by Crippen LogP contribution is 2.33. The first-order valence-electron chi connectivity index (χ1n) is 7.85. The molecule has 0 spiro atoms. The quantitative estimate of drug-likeness (QED) is 0.460. The Morgan fingerprint density at radius 3 is 2.88 bits per heavy atom. The number of nitro benzene ring substituents is 1. The second-order valence-electron chi connectivity index (χ2n) is 5.33. The molecule has 1 fully saturated rings. The van der Waals surface area contributed by atoms with Crippen LogP contribution in [0.25, 0.3) is 6.08 Å². The fourth-order valence-corrected chi connectivity index (χ4v) is 3.45. The minimum Gasteiger partial charge on any atom is -0.487 e. The molecular formula is C16H17N3O5S. The van der Waals surface area contributed by atoms with Gasteiger partial charge in [-0.15, -0.1) is 0 Å². The number of carbonyl (C=O) groups is 1. The molecule has 2 aliphatic rings. The molecule has 0 bridgehead atoms. The van der Waals surface area contributed by atoms with Crippen LogP contribution < -0.4 is 4.74 Å². The van der Waals surface area contributed by atoms with Crippen LogP contribution in [0.1, 0.15) is 12.5 Å². The first-order valence-corrected chi connectivity index (χ1v) is 8.66. The highest BCUT2D eigenvalue weighted by atomic mass is 32.2. The Morgan fingerprint density at radius 1 is 1.44 bits per heavy atom. The Bertz CT molecular complexity index is 756. The number of hydrogen-bond acceptors (Lipinski definition) is 7. The number of carbonyl (C=O) groups excluding carboxylic acids is 1. The Hall–Kier alpha value is -2.39. The van der Waals surface area contributed by atoms with E-state index in [0.29, 0.717) is 48.5 Å². The van der Waals surface area contributed by atoms with Gasteiger partial charge in [0.25, 0.3) is 5.91 Å². The molecular weight excluding hydrogens is 346 g/mol. The van der Waals surface area contributed by atoms with Crippen LogP contribution in [0.5, 0.6) is 5.75 Å². The van der Waals surface area contributed by atoms with E-state index in [1.54, 1.807) is 25.1 Å². The molecule has 1 saturated heterocycles. The van der Waals surface area contributed by atoms with E-state index in [1.807, 2.05) is 4.90 Å². The van der Waals surface area contributed by atoms with Crippen LogP contribution in [-0.4, -0.2) is 53.8 Å². The summed E-state index contributed by atoms with van der Waals surface area (Å²) in [5.41, 5.74) is 0.436. The third-order valence-corrected chi connectivity index (χ3v) is 4.71. The lowest BCUT2D eigenvalue weighted by Crippen LogP contribution is -2.38. The highest BCUT2D eigenvalue weighted by Gasteiger charge is 2.27. The van der Waals surface area contributed by atoms with Crippen molar-refractivity contribution in [1.82, 2.24) is 4.90 Å². The number of amides is 1. The normalized spacial score (nSPS) is 19.2. The van der Waals surface area contributed by atoms with E-state index in [-0.39, 0.29) is 17.3 Å². The van der Waals surface area contributed by atoms with E-state index in [1.165, 1.54) is 17.8 Å². The number of hydrogen-bond donors (Lipinski definition) is 0. The molecule has 0 aromatic heterocycles. The van der Waals surface area contributed by atoms with Crippen molar-refractivity contribution in [3.05, 3.63) is 38.8 Å². The molecule has 0 atom stereocenters. The van der Waals surface area contributed by atoms with Crippen molar-refractivity contribution in [1.29, 1.82) is 0 Å². The van der Waals surface area contributed by atoms with E-state index >= 15 is 0 Å². The number of rotatable bonds is 4. The average Bonchev–Trinajstić information content (AvgIpc) is 2.98. The van der Waals surface area contributed by atoms with Crippen molar-refractivity contribution in [2.24, 2.45) is 4.99 Å². The Morgan fingerprint density at radius 2 is 2.20 bits per heavy atom. The molecule has 2 heterocycles. The summed E-state index contributed by atoms with van der Waals surface area (Å²) < 4.78 is 10.6. The molecule has 3 rings (SSSR count). The summed E-state index contributed by atoms with van der Waals surface area (Å²) in [5.74, 6) is -0.117. The lowest BCUT2D eigenvalue weighted by atomic mass is 10.1. The molecule has 1 aromatic rings. The van der Waals surface area contributed by atoms with Gasteiger partial charge in [0.1, 0.15) is 0 Å². The van der Waals surface area contributed by atoms with E-state index in [0.717, 1.165) is 0 Å². The zero-order valence-electron chi connectivity index (χ0n) is 13.6. The van der Waals surface area contributed by atoms with Crippen molar-refractivity contribution >= 4 is 34.6 Å². The molecule has 1 aromatic carbocycles. The van der Waals surface area contributed by atoms with Crippen LogP contribution in [0.2, 0.25) is 0 Å². The van der Waals surface area contributed by atoms with E-state index in [9.17, 15) is 14.9 Å². The van der Waals surface area contributed by atoms with Crippen molar-refractivity contribution < 1.29 is 19.2 Å². The fourth-order valence-electron chi connectivity index (χ4n) is 2.48. The molecule has 0 saturated carbocycles. The number of nitro groups is 1. The molecule has 2 aliphatic heterocycles. The van der Waals surface area contributed by atoms with Crippen molar-refractivity contribution in [3.63, 3.8) is 0 Å². The van der Waals surface area contributed by atoms with Gasteiger partial charge in [0, 0.05) is 19.2 Å². The second-order valence-corrected chi connectivity index (χ2v) is 6.34. The third-order valence-electron chi connectivity index (χ3n) is 3.67. The van der Waals surface area contributed by atoms with Gasteiger partial charge in [-0.25, -0.2) is 0 Å². The highest BCUT2D eigenvalue weighted by molar-refractivity contribution is 8.18. The number of amidine groups is 1. The summed E-state index contributed by atoms with van der Waals surface area (Å²) in [7, 11) is 0. The first-order chi connectivity index (χ1) is 12.1. The monoisotopic (exact) mass is 363 g/mol. The van der Waals surface area contributed by atoms with Crippen molar-refractivity contribution in [3.8, 4) is 5.75 Å². The van der Waals surface area contributed by atoms with Crippen LogP contribution in [-0.2, 0) is 9.53 Å². The lowest BCUT2D eigenvalue weighted by Gasteiger charge is -2.27. The van der Waals surface area contributed by atoms with Crippen LogP contribution in [0.15, 0.2) is 28.1 Å². The fraction of sp³-hybridized carbons (Fsp3) is 0.375. The van der Waals surface area contributed by atoms with Gasteiger partial charge in [-0.05, 0) is 36.4 Å². The molecule has 1 amide bonds. The van der Waals surface area contributed by atoms with Crippen molar-refractivity contribution in [2.75, 3.05) is 32.9 Å². The first kappa shape index (κ1) is 17.4. The number of morpholine rings is 1. The third kappa shape index (κ3) is 3.99. The van der Waals surface area contributed by atoms with Gasteiger partial charge in [-0.3, -0.25) is 14.9 Å². The SMILES string of the molecule is CCOc1ccc(C=C2SC(N3CCOCC3)=NC2=O)cc1[N+](=O)[O-]. The minimum atomic E-state index is -0.494. The van der Waals surface area contributed by atoms with E-state index in [4.69, 9.17) is 9.47 Å². The minimum absolute atomic E-state index is 0.124. The number of ether oxygens (including phenoxy) is 2. The maximum Gasteiger partial charge on any atom is 0.311 e. The molecule has 0 unspecified atom stereocenters. The molecule has 0 radical (unpaired) electrons. The zero-order valence-corrected chi connectivity index (χ0v) is 14.5. The number of nitrogens with zero attached hydrogens (tertiary/aromatic N) is 3. The smallest absolute Gasteiger partial charge is 0.311 e. The molecule has 9 heteroatoms. The maximum atomic E-state index is 12.1. The van der Waals surface area contributed by atoms with Crippen LogP contribution in [0.4, 0.5) is 5.69 Å². The van der Waals surface area contributed by atoms with Crippen LogP contribution in [0.3, 0.4) is 0 Å². The summed E-state index contributed by atoms with van der Waals surface area (Å²) >= 11 is 1.28. The summed E-state index contributed by atoms with van der Waals surface area (Å²) in [6, 6.07) is 4.63. The predicted molar refractivity (Wildman–Crippen MR) is 94.7 cm³/mol. The van der Waals surface area contributed by atoms with Gasteiger partial charge >= 0.3 is 5.69 Å². The van der Waals surface area contributed by atoms with Gasteiger partial charge in [0.15, 0.2) is 10.9 Å². The van der Waals surface area contributed by atoms with Gasteiger partial charge in [-0.2, -0.15) is 4.99 Å². The zero-order chi connectivity index (χ0) is 17.8. The lowest BCUT2D eigenvalue weighted by molar-refractivity contribution is -0.385. The molecule has 0 N–H and O–H groups in total. The predicted octanol–water partition coefficient (Wildman–Crippen LogP) is 2.30. The molecule has 8 nitrogen and oxygen atoms in total. The standard InChI is InChI=1S/C16H17N3O5S/c1-2-24-13-4-3-11(9-12(13)19(21)22)10-14-15(20)17-16(25-14)18-5-7-23-8-6-18/h3-4,9-10H,2,5-8H2,1H3. The Labute approximate surface area is 148 Å². The van der Waals surface area contributed by atoms with Gasteiger partial charge < -0.3 is 14.4 Å². The Balaban J connectivity index is 1.80. The molecule has 132 valence electrons. The summed E-state index contributed by atoms with van der Waals surface area (Å²) in [5, 5.41) is 11.9. The van der Waals surface area contributed by atoms with Gasteiger partial charge in [-0.1, -0.05) is 6.07 Å². The maximum absolute atomic E-state index is 12.1. The van der Waals surface area contributed by atoms with E-state index < -0.39 is 4.92 Å². The Kier molecular flexibility index (Phi) is 5.34. The summed E-state index contributed by atoms with van der Waals surface area (Å²) in [6.07, 6.45) is 1.62. The van der Waals surface area contributed by atoms with Crippen molar-refractivity contribution in [2.45, 2.75) is 6.92 Å². The number of aliphatic imine (C=N–C) groups is 1. The van der Waals surface area contributed by atoms with Crippen LogP contribution in [0, 0.1) is 10.1 Å². The topological polar surface area (TPSA) is 94.3 Å². The van der Waals surface area contributed by atoms with Gasteiger partial charge in [0.2, 0.25) is 0 Å².